The average molecular weight is 297 g/mol. The van der Waals surface area contributed by atoms with Crippen LogP contribution >= 0.6 is 11.7 Å². The van der Waals surface area contributed by atoms with Gasteiger partial charge in [0.15, 0.2) is 0 Å². The van der Waals surface area contributed by atoms with Crippen LogP contribution in [0.25, 0.3) is 0 Å². The molecule has 0 aromatic carbocycles. The molecule has 2 saturated carbocycles. The Hall–Kier alpha value is -0.720. The standard InChI is InChI=1S/C14H23N3O2S/c1-9(13-5-10-2-3-11(13)4-10)15-6-12(18)8-19-14-7-16-20-17-14/h7,9-13,15,18H,2-6,8H2,1H3. The van der Waals surface area contributed by atoms with E-state index in [0.717, 1.165) is 29.5 Å². The fourth-order valence-electron chi connectivity index (χ4n) is 3.84. The molecule has 0 spiro atoms. The molecule has 20 heavy (non-hydrogen) atoms. The second-order valence-corrected chi connectivity index (χ2v) is 6.80. The van der Waals surface area contributed by atoms with Crippen molar-refractivity contribution in [3.05, 3.63) is 6.20 Å². The third kappa shape index (κ3) is 3.30. The first-order valence-corrected chi connectivity index (χ1v) is 8.27. The third-order valence-corrected chi connectivity index (χ3v) is 5.34. The van der Waals surface area contributed by atoms with Crippen LogP contribution in [0, 0.1) is 17.8 Å². The van der Waals surface area contributed by atoms with Gasteiger partial charge in [-0.15, -0.1) is 4.37 Å². The third-order valence-electron chi connectivity index (χ3n) is 4.88. The van der Waals surface area contributed by atoms with Crippen molar-refractivity contribution < 1.29 is 9.84 Å². The average Bonchev–Trinajstić information content (AvgIpc) is 3.18. The summed E-state index contributed by atoms with van der Waals surface area (Å²) in [5.41, 5.74) is 0. The summed E-state index contributed by atoms with van der Waals surface area (Å²) in [6, 6.07) is 0.487. The van der Waals surface area contributed by atoms with Crippen LogP contribution in [0.5, 0.6) is 5.88 Å². The molecule has 1 aromatic heterocycles. The Morgan fingerprint density at radius 3 is 3.05 bits per heavy atom. The molecule has 1 heterocycles. The Labute approximate surface area is 124 Å². The second kappa shape index (κ2) is 6.37. The van der Waals surface area contributed by atoms with Crippen LogP contribution in [-0.2, 0) is 0 Å². The van der Waals surface area contributed by atoms with Gasteiger partial charge in [-0.05, 0) is 43.9 Å². The zero-order valence-corrected chi connectivity index (χ0v) is 12.7. The minimum atomic E-state index is -0.502. The fraction of sp³-hybridized carbons (Fsp3) is 0.857. The first-order chi connectivity index (χ1) is 9.72. The lowest BCUT2D eigenvalue weighted by atomic mass is 9.84. The molecule has 0 saturated heterocycles. The van der Waals surface area contributed by atoms with Crippen LogP contribution in [0.4, 0.5) is 0 Å². The summed E-state index contributed by atoms with van der Waals surface area (Å²) < 4.78 is 13.2. The Kier molecular flexibility index (Phi) is 4.53. The van der Waals surface area contributed by atoms with Crippen LogP contribution in [0.3, 0.4) is 0 Å². The van der Waals surface area contributed by atoms with Crippen molar-refractivity contribution in [3.63, 3.8) is 0 Å². The Bertz CT molecular complexity index is 415. The van der Waals surface area contributed by atoms with E-state index >= 15 is 0 Å². The molecule has 3 rings (SSSR count). The highest BCUT2D eigenvalue weighted by molar-refractivity contribution is 6.99. The largest absolute Gasteiger partial charge is 0.473 e. The predicted molar refractivity (Wildman–Crippen MR) is 77.8 cm³/mol. The maximum Gasteiger partial charge on any atom is 0.245 e. The van der Waals surface area contributed by atoms with Crippen molar-refractivity contribution in [2.45, 2.75) is 44.8 Å². The summed E-state index contributed by atoms with van der Waals surface area (Å²) in [7, 11) is 0. The minimum Gasteiger partial charge on any atom is -0.473 e. The molecule has 6 heteroatoms. The smallest absolute Gasteiger partial charge is 0.245 e. The predicted octanol–water partition coefficient (Wildman–Crippen LogP) is 1.69. The molecular weight excluding hydrogens is 274 g/mol. The summed E-state index contributed by atoms with van der Waals surface area (Å²) in [5, 5.41) is 13.4. The number of hydrogen-bond donors (Lipinski definition) is 2. The summed E-state index contributed by atoms with van der Waals surface area (Å²) in [5.74, 6) is 3.18. The van der Waals surface area contributed by atoms with Crippen LogP contribution in [0.15, 0.2) is 6.20 Å². The first-order valence-electron chi connectivity index (χ1n) is 7.54. The molecule has 0 radical (unpaired) electrons. The Balaban J connectivity index is 1.36. The molecule has 5 nitrogen and oxygen atoms in total. The van der Waals surface area contributed by atoms with E-state index in [9.17, 15) is 5.11 Å². The maximum absolute atomic E-state index is 9.94. The van der Waals surface area contributed by atoms with Gasteiger partial charge in [0.05, 0.1) is 11.7 Å². The van der Waals surface area contributed by atoms with E-state index < -0.39 is 6.10 Å². The molecule has 0 amide bonds. The Morgan fingerprint density at radius 2 is 2.40 bits per heavy atom. The number of hydrogen-bond acceptors (Lipinski definition) is 6. The number of aromatic nitrogens is 2. The lowest BCUT2D eigenvalue weighted by Crippen LogP contribution is -2.41. The number of aliphatic hydroxyl groups excluding tert-OH is 1. The van der Waals surface area contributed by atoms with Gasteiger partial charge in [0.25, 0.3) is 0 Å². The van der Waals surface area contributed by atoms with Gasteiger partial charge >= 0.3 is 0 Å². The molecule has 5 atom stereocenters. The first kappa shape index (κ1) is 14.2. The maximum atomic E-state index is 9.94. The lowest BCUT2D eigenvalue weighted by Gasteiger charge is -2.29. The fourth-order valence-corrected chi connectivity index (χ4v) is 4.20. The van der Waals surface area contributed by atoms with Gasteiger partial charge in [0.1, 0.15) is 18.9 Å². The van der Waals surface area contributed by atoms with Crippen LogP contribution in [0.1, 0.15) is 32.6 Å². The van der Waals surface area contributed by atoms with E-state index in [1.807, 2.05) is 0 Å². The van der Waals surface area contributed by atoms with E-state index in [2.05, 4.69) is 21.0 Å². The molecule has 0 aliphatic heterocycles. The van der Waals surface area contributed by atoms with Crippen molar-refractivity contribution in [2.75, 3.05) is 13.2 Å². The van der Waals surface area contributed by atoms with Crippen LogP contribution in [-0.4, -0.2) is 39.2 Å². The lowest BCUT2D eigenvalue weighted by molar-refractivity contribution is 0.0975. The van der Waals surface area contributed by atoms with Crippen LogP contribution < -0.4 is 10.1 Å². The minimum absolute atomic E-state index is 0.266. The number of aliphatic hydroxyl groups is 1. The van der Waals surface area contributed by atoms with Gasteiger partial charge in [-0.3, -0.25) is 0 Å². The van der Waals surface area contributed by atoms with Gasteiger partial charge in [0, 0.05) is 12.6 Å². The number of nitrogens with zero attached hydrogens (tertiary/aromatic N) is 2. The highest BCUT2D eigenvalue weighted by Crippen LogP contribution is 2.49. The number of ether oxygens (including phenoxy) is 1. The van der Waals surface area contributed by atoms with Crippen molar-refractivity contribution in [1.82, 2.24) is 14.1 Å². The van der Waals surface area contributed by atoms with Crippen molar-refractivity contribution >= 4 is 11.7 Å². The van der Waals surface area contributed by atoms with Gasteiger partial charge in [-0.1, -0.05) is 6.42 Å². The summed E-state index contributed by atoms with van der Waals surface area (Å²) in [6.45, 7) is 3.10. The SMILES string of the molecule is CC(NCC(O)COc1cnsn1)C1CC2CCC1C2. The molecule has 112 valence electrons. The van der Waals surface area contributed by atoms with Crippen LogP contribution in [0.2, 0.25) is 0 Å². The van der Waals surface area contributed by atoms with Crippen molar-refractivity contribution in [2.24, 2.45) is 17.8 Å². The monoisotopic (exact) mass is 297 g/mol. The van der Waals surface area contributed by atoms with Gasteiger partial charge < -0.3 is 15.2 Å². The number of rotatable bonds is 7. The molecule has 2 bridgehead atoms. The Morgan fingerprint density at radius 1 is 1.50 bits per heavy atom. The molecular formula is C14H23N3O2S. The van der Waals surface area contributed by atoms with Crippen molar-refractivity contribution in [1.29, 1.82) is 0 Å². The summed E-state index contributed by atoms with van der Waals surface area (Å²) in [4.78, 5) is 0. The van der Waals surface area contributed by atoms with Gasteiger partial charge in [0.2, 0.25) is 5.88 Å². The topological polar surface area (TPSA) is 67.3 Å². The van der Waals surface area contributed by atoms with E-state index in [-0.39, 0.29) is 6.61 Å². The molecule has 2 N–H and O–H groups in total. The zero-order chi connectivity index (χ0) is 13.9. The van der Waals surface area contributed by atoms with Gasteiger partial charge in [-0.25, -0.2) is 0 Å². The zero-order valence-electron chi connectivity index (χ0n) is 11.9. The van der Waals surface area contributed by atoms with E-state index in [1.165, 1.54) is 25.7 Å². The van der Waals surface area contributed by atoms with E-state index in [4.69, 9.17) is 4.74 Å². The van der Waals surface area contributed by atoms with E-state index in [1.54, 1.807) is 6.20 Å². The molecule has 1 aromatic rings. The summed E-state index contributed by atoms with van der Waals surface area (Å²) in [6.07, 6.45) is 6.71. The second-order valence-electron chi connectivity index (χ2n) is 6.25. The van der Waals surface area contributed by atoms with E-state index in [0.29, 0.717) is 18.5 Å². The number of fused-ring (bicyclic) bond motifs is 2. The summed E-state index contributed by atoms with van der Waals surface area (Å²) >= 11 is 1.11. The quantitative estimate of drug-likeness (QED) is 0.801. The molecule has 2 fully saturated rings. The molecule has 5 unspecified atom stereocenters. The molecule has 2 aliphatic rings. The normalized spacial score (nSPS) is 31.4. The van der Waals surface area contributed by atoms with Gasteiger partial charge in [-0.2, -0.15) is 4.37 Å². The highest BCUT2D eigenvalue weighted by Gasteiger charge is 2.41. The molecule has 2 aliphatic carbocycles. The van der Waals surface area contributed by atoms with Crippen molar-refractivity contribution in [3.8, 4) is 5.88 Å². The number of nitrogens with one attached hydrogen (secondary N) is 1. The highest BCUT2D eigenvalue weighted by atomic mass is 32.1.